The SMILES string of the molecule is COC(=O)C(CN)N1CCCCC1C. The summed E-state index contributed by atoms with van der Waals surface area (Å²) in [5.41, 5.74) is 5.60. The zero-order valence-corrected chi connectivity index (χ0v) is 9.03. The molecule has 1 aliphatic heterocycles. The van der Waals surface area contributed by atoms with Crippen molar-refractivity contribution in [3.8, 4) is 0 Å². The third kappa shape index (κ3) is 2.45. The van der Waals surface area contributed by atoms with Crippen LogP contribution in [0.15, 0.2) is 0 Å². The van der Waals surface area contributed by atoms with Gasteiger partial charge >= 0.3 is 5.97 Å². The Morgan fingerprint density at radius 3 is 2.86 bits per heavy atom. The standard InChI is InChI=1S/C10H20N2O2/c1-8-5-3-4-6-12(8)9(7-11)10(13)14-2/h8-9H,3-7,11H2,1-2H3. The van der Waals surface area contributed by atoms with Gasteiger partial charge in [-0.25, -0.2) is 0 Å². The predicted molar refractivity (Wildman–Crippen MR) is 54.9 cm³/mol. The summed E-state index contributed by atoms with van der Waals surface area (Å²) >= 11 is 0. The molecule has 1 fully saturated rings. The smallest absolute Gasteiger partial charge is 0.324 e. The number of methoxy groups -OCH3 is 1. The second kappa shape index (κ2) is 5.32. The van der Waals surface area contributed by atoms with Crippen molar-refractivity contribution in [3.63, 3.8) is 0 Å². The number of hydrogen-bond acceptors (Lipinski definition) is 4. The molecule has 0 bridgehead atoms. The van der Waals surface area contributed by atoms with E-state index in [1.165, 1.54) is 13.5 Å². The van der Waals surface area contributed by atoms with E-state index < -0.39 is 0 Å². The fraction of sp³-hybridized carbons (Fsp3) is 0.900. The van der Waals surface area contributed by atoms with Gasteiger partial charge in [0.25, 0.3) is 0 Å². The number of ether oxygens (including phenoxy) is 1. The summed E-state index contributed by atoms with van der Waals surface area (Å²) in [5, 5.41) is 0. The van der Waals surface area contributed by atoms with Crippen molar-refractivity contribution in [2.45, 2.75) is 38.3 Å². The number of nitrogens with two attached hydrogens (primary N) is 1. The van der Waals surface area contributed by atoms with Gasteiger partial charge < -0.3 is 10.5 Å². The normalized spacial score (nSPS) is 25.8. The van der Waals surface area contributed by atoms with Crippen LogP contribution in [0.25, 0.3) is 0 Å². The van der Waals surface area contributed by atoms with Crippen LogP contribution in [0.4, 0.5) is 0 Å². The Bertz CT molecular complexity index is 197. The summed E-state index contributed by atoms with van der Waals surface area (Å²) in [7, 11) is 1.42. The predicted octanol–water partition coefficient (Wildman–Crippen LogP) is 0.361. The zero-order valence-electron chi connectivity index (χ0n) is 9.03. The summed E-state index contributed by atoms with van der Waals surface area (Å²) in [6.45, 7) is 3.44. The van der Waals surface area contributed by atoms with Crippen LogP contribution in [0.1, 0.15) is 26.2 Å². The maximum atomic E-state index is 11.4. The molecular formula is C10H20N2O2. The average molecular weight is 200 g/mol. The maximum Gasteiger partial charge on any atom is 0.324 e. The molecule has 0 aromatic rings. The molecule has 82 valence electrons. The van der Waals surface area contributed by atoms with E-state index in [0.717, 1.165) is 19.4 Å². The molecule has 0 spiro atoms. The topological polar surface area (TPSA) is 55.6 Å². The molecule has 0 radical (unpaired) electrons. The first-order valence-corrected chi connectivity index (χ1v) is 5.24. The number of piperidine rings is 1. The summed E-state index contributed by atoms with van der Waals surface area (Å²) in [4.78, 5) is 13.6. The van der Waals surface area contributed by atoms with Crippen molar-refractivity contribution in [2.24, 2.45) is 5.73 Å². The van der Waals surface area contributed by atoms with E-state index in [1.54, 1.807) is 0 Å². The molecular weight excluding hydrogens is 180 g/mol. The van der Waals surface area contributed by atoms with E-state index in [4.69, 9.17) is 10.5 Å². The van der Waals surface area contributed by atoms with Crippen molar-refractivity contribution in [3.05, 3.63) is 0 Å². The molecule has 2 unspecified atom stereocenters. The minimum Gasteiger partial charge on any atom is -0.468 e. The Morgan fingerprint density at radius 1 is 1.64 bits per heavy atom. The number of nitrogens with zero attached hydrogens (tertiary/aromatic N) is 1. The molecule has 4 heteroatoms. The minimum atomic E-state index is -0.254. The molecule has 0 aromatic heterocycles. The Kier molecular flexibility index (Phi) is 4.35. The van der Waals surface area contributed by atoms with Gasteiger partial charge in [-0.1, -0.05) is 6.42 Å². The second-order valence-electron chi connectivity index (χ2n) is 3.86. The maximum absolute atomic E-state index is 11.4. The van der Waals surface area contributed by atoms with Gasteiger partial charge in [-0.2, -0.15) is 0 Å². The summed E-state index contributed by atoms with van der Waals surface area (Å²) in [5.74, 6) is -0.207. The molecule has 0 aliphatic carbocycles. The van der Waals surface area contributed by atoms with E-state index in [2.05, 4.69) is 11.8 Å². The van der Waals surface area contributed by atoms with Crippen molar-refractivity contribution in [1.29, 1.82) is 0 Å². The summed E-state index contributed by atoms with van der Waals surface area (Å²) in [6.07, 6.45) is 3.54. The number of esters is 1. The van der Waals surface area contributed by atoms with Crippen LogP contribution >= 0.6 is 0 Å². The van der Waals surface area contributed by atoms with E-state index in [0.29, 0.717) is 12.6 Å². The first-order chi connectivity index (χ1) is 6.70. The van der Waals surface area contributed by atoms with Crippen LogP contribution < -0.4 is 5.73 Å². The fourth-order valence-corrected chi connectivity index (χ4v) is 2.09. The van der Waals surface area contributed by atoms with E-state index in [-0.39, 0.29) is 12.0 Å². The molecule has 4 nitrogen and oxygen atoms in total. The van der Waals surface area contributed by atoms with Crippen LogP contribution in [0.2, 0.25) is 0 Å². The Morgan fingerprint density at radius 2 is 2.36 bits per heavy atom. The summed E-state index contributed by atoms with van der Waals surface area (Å²) in [6, 6.07) is 0.187. The van der Waals surface area contributed by atoms with Crippen LogP contribution in [0.5, 0.6) is 0 Å². The molecule has 1 heterocycles. The highest BCUT2D eigenvalue weighted by molar-refractivity contribution is 5.76. The van der Waals surface area contributed by atoms with Gasteiger partial charge in [0, 0.05) is 12.6 Å². The number of rotatable bonds is 3. The third-order valence-corrected chi connectivity index (χ3v) is 2.95. The molecule has 1 rings (SSSR count). The second-order valence-corrected chi connectivity index (χ2v) is 3.86. The van der Waals surface area contributed by atoms with Gasteiger partial charge in [0.2, 0.25) is 0 Å². The lowest BCUT2D eigenvalue weighted by molar-refractivity contribution is -0.148. The fourth-order valence-electron chi connectivity index (χ4n) is 2.09. The molecule has 0 aromatic carbocycles. The van der Waals surface area contributed by atoms with Gasteiger partial charge in [-0.3, -0.25) is 9.69 Å². The van der Waals surface area contributed by atoms with Crippen molar-refractivity contribution in [1.82, 2.24) is 4.90 Å². The molecule has 2 atom stereocenters. The number of carbonyl (C=O) groups is 1. The average Bonchev–Trinajstić information content (AvgIpc) is 2.21. The highest BCUT2D eigenvalue weighted by atomic mass is 16.5. The van der Waals surface area contributed by atoms with Crippen LogP contribution in [-0.4, -0.2) is 43.2 Å². The number of carbonyl (C=O) groups excluding carboxylic acids is 1. The minimum absolute atomic E-state index is 0.207. The number of hydrogen-bond donors (Lipinski definition) is 1. The molecule has 14 heavy (non-hydrogen) atoms. The van der Waals surface area contributed by atoms with Crippen LogP contribution in [0, 0.1) is 0 Å². The molecule has 1 saturated heterocycles. The van der Waals surface area contributed by atoms with Crippen molar-refractivity contribution >= 4 is 5.97 Å². The van der Waals surface area contributed by atoms with Crippen molar-refractivity contribution < 1.29 is 9.53 Å². The largest absolute Gasteiger partial charge is 0.468 e. The van der Waals surface area contributed by atoms with Crippen LogP contribution in [-0.2, 0) is 9.53 Å². The van der Waals surface area contributed by atoms with Gasteiger partial charge in [0.1, 0.15) is 6.04 Å². The van der Waals surface area contributed by atoms with Gasteiger partial charge in [-0.15, -0.1) is 0 Å². The van der Waals surface area contributed by atoms with Crippen LogP contribution in [0.3, 0.4) is 0 Å². The van der Waals surface area contributed by atoms with Gasteiger partial charge in [-0.05, 0) is 26.3 Å². The molecule has 0 saturated carbocycles. The van der Waals surface area contributed by atoms with E-state index in [9.17, 15) is 4.79 Å². The Labute approximate surface area is 85.4 Å². The first-order valence-electron chi connectivity index (χ1n) is 5.24. The number of likely N-dealkylation sites (tertiary alicyclic amines) is 1. The van der Waals surface area contributed by atoms with E-state index in [1.807, 2.05) is 0 Å². The highest BCUT2D eigenvalue weighted by Crippen LogP contribution is 2.19. The first kappa shape index (κ1) is 11.5. The monoisotopic (exact) mass is 200 g/mol. The molecule has 1 aliphatic rings. The van der Waals surface area contributed by atoms with Crippen molar-refractivity contribution in [2.75, 3.05) is 20.2 Å². The Balaban J connectivity index is 2.61. The lowest BCUT2D eigenvalue weighted by atomic mass is 10.0. The van der Waals surface area contributed by atoms with Gasteiger partial charge in [0.05, 0.1) is 7.11 Å². The lowest BCUT2D eigenvalue weighted by Crippen LogP contribution is -2.52. The molecule has 0 amide bonds. The Hall–Kier alpha value is -0.610. The lowest BCUT2D eigenvalue weighted by Gasteiger charge is -2.37. The quantitative estimate of drug-likeness (QED) is 0.668. The van der Waals surface area contributed by atoms with Gasteiger partial charge in [0.15, 0.2) is 0 Å². The summed E-state index contributed by atoms with van der Waals surface area (Å²) < 4.78 is 4.74. The third-order valence-electron chi connectivity index (χ3n) is 2.95. The molecule has 2 N–H and O–H groups in total. The highest BCUT2D eigenvalue weighted by Gasteiger charge is 2.30. The zero-order chi connectivity index (χ0) is 10.6. The van der Waals surface area contributed by atoms with E-state index >= 15 is 0 Å².